The molecule has 30 heavy (non-hydrogen) atoms. The molecule has 0 aliphatic carbocycles. The normalized spacial score (nSPS) is 10.3. The molecule has 2 aromatic carbocycles. The quantitative estimate of drug-likeness (QED) is 0.401. The lowest BCUT2D eigenvalue weighted by Crippen LogP contribution is -2.48. The number of amides is 2. The van der Waals surface area contributed by atoms with Crippen molar-refractivity contribution in [2.45, 2.75) is 20.3 Å². The summed E-state index contributed by atoms with van der Waals surface area (Å²) in [6, 6.07) is 11.6. The highest BCUT2D eigenvalue weighted by Crippen LogP contribution is 2.25. The van der Waals surface area contributed by atoms with E-state index in [0.29, 0.717) is 39.6 Å². The van der Waals surface area contributed by atoms with Crippen molar-refractivity contribution in [3.63, 3.8) is 0 Å². The fraction of sp³-hybridized carbons (Fsp3) is 0.286. The Labute approximate surface area is 189 Å². The van der Waals surface area contributed by atoms with Gasteiger partial charge in [-0.05, 0) is 83.0 Å². The first-order chi connectivity index (χ1) is 14.3. The highest BCUT2D eigenvalue weighted by molar-refractivity contribution is 9.10. The zero-order valence-electron chi connectivity index (χ0n) is 17.0. The van der Waals surface area contributed by atoms with E-state index in [9.17, 15) is 9.59 Å². The molecule has 3 N–H and O–H groups in total. The van der Waals surface area contributed by atoms with Gasteiger partial charge in [-0.25, -0.2) is 0 Å². The summed E-state index contributed by atoms with van der Waals surface area (Å²) in [6.45, 7) is 4.89. The second-order valence-corrected chi connectivity index (χ2v) is 8.03. The molecule has 0 unspecified atom stereocenters. The number of benzene rings is 2. The van der Waals surface area contributed by atoms with Crippen LogP contribution < -0.4 is 25.6 Å². The molecule has 0 saturated carbocycles. The zero-order valence-corrected chi connectivity index (χ0v) is 19.4. The third-order valence-electron chi connectivity index (χ3n) is 4.01. The van der Waals surface area contributed by atoms with Gasteiger partial charge in [-0.3, -0.25) is 25.8 Å². The minimum atomic E-state index is -0.419. The summed E-state index contributed by atoms with van der Waals surface area (Å²) in [6.07, 6.45) is 0.960. The summed E-state index contributed by atoms with van der Waals surface area (Å²) < 4.78 is 11.4. The van der Waals surface area contributed by atoms with Crippen molar-refractivity contribution in [1.29, 1.82) is 0 Å². The lowest BCUT2D eigenvalue weighted by atomic mass is 10.1. The Morgan fingerprint density at radius 2 is 1.70 bits per heavy atom. The van der Waals surface area contributed by atoms with Gasteiger partial charge in [0.05, 0.1) is 18.2 Å². The highest BCUT2D eigenvalue weighted by atomic mass is 79.9. The summed E-state index contributed by atoms with van der Waals surface area (Å²) in [5, 5.41) is 2.48. The van der Waals surface area contributed by atoms with Crippen LogP contribution in [0.4, 0.5) is 0 Å². The molecule has 0 spiro atoms. The zero-order chi connectivity index (χ0) is 22.1. The van der Waals surface area contributed by atoms with Gasteiger partial charge in [0.2, 0.25) is 0 Å². The van der Waals surface area contributed by atoms with Gasteiger partial charge in [0.15, 0.2) is 5.11 Å². The van der Waals surface area contributed by atoms with Crippen LogP contribution in [0.1, 0.15) is 41.0 Å². The summed E-state index contributed by atoms with van der Waals surface area (Å²) in [5.41, 5.74) is 5.75. The first kappa shape index (κ1) is 23.6. The number of hydrazine groups is 1. The molecule has 0 aliphatic rings. The van der Waals surface area contributed by atoms with Gasteiger partial charge in [-0.1, -0.05) is 13.8 Å². The number of hydrogen-bond donors (Lipinski definition) is 3. The van der Waals surface area contributed by atoms with Gasteiger partial charge < -0.3 is 9.47 Å². The molecule has 0 saturated heterocycles. The second-order valence-electron chi connectivity index (χ2n) is 6.77. The van der Waals surface area contributed by atoms with Crippen molar-refractivity contribution >= 4 is 45.1 Å². The fourth-order valence-corrected chi connectivity index (χ4v) is 3.00. The molecule has 9 heteroatoms. The Bertz CT molecular complexity index is 904. The number of nitrogens with one attached hydrogen (secondary N) is 3. The summed E-state index contributed by atoms with van der Waals surface area (Å²) in [7, 11) is 1.54. The van der Waals surface area contributed by atoms with Crippen molar-refractivity contribution < 1.29 is 19.1 Å². The van der Waals surface area contributed by atoms with E-state index in [1.807, 2.05) is 0 Å². The van der Waals surface area contributed by atoms with E-state index in [1.54, 1.807) is 42.5 Å². The van der Waals surface area contributed by atoms with E-state index in [-0.39, 0.29) is 5.11 Å². The molecular weight excluding hydrogens is 470 g/mol. The fourth-order valence-electron chi connectivity index (χ4n) is 2.31. The van der Waals surface area contributed by atoms with Crippen LogP contribution in [0.15, 0.2) is 46.9 Å². The number of carbonyl (C=O) groups excluding carboxylic acids is 2. The van der Waals surface area contributed by atoms with Crippen LogP contribution >= 0.6 is 28.1 Å². The molecule has 0 fully saturated rings. The van der Waals surface area contributed by atoms with Crippen LogP contribution in [0.3, 0.4) is 0 Å². The standard InChI is InChI=1S/C21H24BrN3O4S/c1-13(2)10-11-29-16-7-4-14(5-8-16)19(26)23-21(30)25-24-20(27)15-6-9-18(28-3)17(22)12-15/h4-9,12-13H,10-11H2,1-3H3,(H,24,27)(H2,23,25,26,30). The first-order valence-electron chi connectivity index (χ1n) is 9.28. The van der Waals surface area contributed by atoms with Gasteiger partial charge in [-0.2, -0.15) is 0 Å². The van der Waals surface area contributed by atoms with Crippen LogP contribution in [0, 0.1) is 5.92 Å². The largest absolute Gasteiger partial charge is 0.496 e. The SMILES string of the molecule is COc1ccc(C(=O)NNC(=S)NC(=O)c2ccc(OCCC(C)C)cc2)cc1Br. The number of thiocarbonyl (C=S) groups is 1. The predicted octanol–water partition coefficient (Wildman–Crippen LogP) is 3.83. The van der Waals surface area contributed by atoms with Crippen LogP contribution in [0.25, 0.3) is 0 Å². The van der Waals surface area contributed by atoms with E-state index in [2.05, 4.69) is 45.9 Å². The smallest absolute Gasteiger partial charge is 0.269 e. The van der Waals surface area contributed by atoms with E-state index >= 15 is 0 Å². The maximum Gasteiger partial charge on any atom is 0.269 e. The minimum Gasteiger partial charge on any atom is -0.496 e. The Hall–Kier alpha value is -2.65. The van der Waals surface area contributed by atoms with Gasteiger partial charge in [0.1, 0.15) is 11.5 Å². The number of hydrogen-bond acceptors (Lipinski definition) is 5. The second kappa shape index (κ2) is 11.5. The molecule has 7 nitrogen and oxygen atoms in total. The van der Waals surface area contributed by atoms with E-state index in [1.165, 1.54) is 7.11 Å². The van der Waals surface area contributed by atoms with Crippen molar-refractivity contribution in [2.75, 3.05) is 13.7 Å². The summed E-state index contributed by atoms with van der Waals surface area (Å²) in [4.78, 5) is 24.5. The van der Waals surface area contributed by atoms with Crippen molar-refractivity contribution in [3.8, 4) is 11.5 Å². The third-order valence-corrected chi connectivity index (χ3v) is 4.83. The van der Waals surface area contributed by atoms with Crippen molar-refractivity contribution in [2.24, 2.45) is 5.92 Å². The average Bonchev–Trinajstić information content (AvgIpc) is 2.72. The van der Waals surface area contributed by atoms with E-state index in [0.717, 1.165) is 6.42 Å². The molecule has 2 aromatic rings. The molecule has 0 atom stereocenters. The topological polar surface area (TPSA) is 88.7 Å². The van der Waals surface area contributed by atoms with E-state index in [4.69, 9.17) is 21.7 Å². The van der Waals surface area contributed by atoms with Crippen LogP contribution in [-0.2, 0) is 0 Å². The van der Waals surface area contributed by atoms with Gasteiger partial charge in [-0.15, -0.1) is 0 Å². The molecule has 2 amide bonds. The van der Waals surface area contributed by atoms with Crippen molar-refractivity contribution in [3.05, 3.63) is 58.1 Å². The number of rotatable bonds is 7. The molecule has 160 valence electrons. The molecule has 0 heterocycles. The number of ether oxygens (including phenoxy) is 2. The molecular formula is C21H24BrN3O4S. The monoisotopic (exact) mass is 493 g/mol. The number of methoxy groups -OCH3 is 1. The molecule has 2 rings (SSSR count). The Morgan fingerprint density at radius 3 is 2.30 bits per heavy atom. The summed E-state index contributed by atoms with van der Waals surface area (Å²) >= 11 is 8.38. The molecule has 0 radical (unpaired) electrons. The number of halogens is 1. The van der Waals surface area contributed by atoms with Crippen LogP contribution in [-0.4, -0.2) is 30.6 Å². The van der Waals surface area contributed by atoms with Crippen LogP contribution in [0.2, 0.25) is 0 Å². The molecule has 0 aromatic heterocycles. The predicted molar refractivity (Wildman–Crippen MR) is 123 cm³/mol. The molecule has 0 bridgehead atoms. The average molecular weight is 494 g/mol. The van der Waals surface area contributed by atoms with Gasteiger partial charge in [0.25, 0.3) is 11.8 Å². The van der Waals surface area contributed by atoms with Crippen molar-refractivity contribution in [1.82, 2.24) is 16.2 Å². The van der Waals surface area contributed by atoms with Gasteiger partial charge in [0, 0.05) is 11.1 Å². The Balaban J connectivity index is 1.82. The maximum atomic E-state index is 12.3. The van der Waals surface area contributed by atoms with Crippen LogP contribution in [0.5, 0.6) is 11.5 Å². The third kappa shape index (κ3) is 7.31. The highest BCUT2D eigenvalue weighted by Gasteiger charge is 2.11. The minimum absolute atomic E-state index is 0.0295. The summed E-state index contributed by atoms with van der Waals surface area (Å²) in [5.74, 6) is 1.06. The maximum absolute atomic E-state index is 12.3. The lowest BCUT2D eigenvalue weighted by Gasteiger charge is -2.12. The van der Waals surface area contributed by atoms with Gasteiger partial charge >= 0.3 is 0 Å². The van der Waals surface area contributed by atoms with E-state index < -0.39 is 11.8 Å². The Morgan fingerprint density at radius 1 is 1.03 bits per heavy atom. The lowest BCUT2D eigenvalue weighted by molar-refractivity contribution is 0.0934. The molecule has 0 aliphatic heterocycles. The first-order valence-corrected chi connectivity index (χ1v) is 10.5. The Kier molecular flexibility index (Phi) is 9.07. The number of carbonyl (C=O) groups is 2.